The summed E-state index contributed by atoms with van der Waals surface area (Å²) < 4.78 is 10.5. The Morgan fingerprint density at radius 1 is 1.30 bits per heavy atom. The molecule has 0 aliphatic carbocycles. The van der Waals surface area contributed by atoms with Crippen LogP contribution in [0.15, 0.2) is 24.3 Å². The van der Waals surface area contributed by atoms with Gasteiger partial charge in [0.05, 0.1) is 12.3 Å². The zero-order chi connectivity index (χ0) is 17.5. The molecule has 0 heterocycles. The summed E-state index contributed by atoms with van der Waals surface area (Å²) >= 11 is 0. The number of alkyl carbamates (subject to hydrolysis) is 1. The highest BCUT2D eigenvalue weighted by Crippen LogP contribution is 2.20. The monoisotopic (exact) mass is 324 g/mol. The Bertz CT molecular complexity index is 540. The van der Waals surface area contributed by atoms with Gasteiger partial charge in [0.25, 0.3) is 0 Å². The Hall–Kier alpha value is -2.44. The molecule has 7 nitrogen and oxygen atoms in total. The Balaban J connectivity index is 2.41. The van der Waals surface area contributed by atoms with Crippen molar-refractivity contribution in [1.82, 2.24) is 5.32 Å². The number of carboxylic acid groups (broad SMARTS) is 1. The van der Waals surface area contributed by atoms with Crippen molar-refractivity contribution in [3.63, 3.8) is 0 Å². The van der Waals surface area contributed by atoms with Crippen molar-refractivity contribution >= 4 is 17.7 Å². The number of carbonyl (C=O) groups excluding carboxylic acids is 1. The fraction of sp³-hybridized carbons (Fsp3) is 0.500. The lowest BCUT2D eigenvalue weighted by molar-refractivity contribution is -0.139. The van der Waals surface area contributed by atoms with Gasteiger partial charge in [-0.1, -0.05) is 12.1 Å². The van der Waals surface area contributed by atoms with Crippen LogP contribution in [0, 0.1) is 0 Å². The maximum Gasteiger partial charge on any atom is 0.408 e. The van der Waals surface area contributed by atoms with E-state index >= 15 is 0 Å². The molecular weight excluding hydrogens is 300 g/mol. The highest BCUT2D eigenvalue weighted by Gasteiger charge is 2.23. The van der Waals surface area contributed by atoms with Crippen LogP contribution in [-0.2, 0) is 9.53 Å². The van der Waals surface area contributed by atoms with E-state index in [0.717, 1.165) is 0 Å². The molecule has 1 atom stereocenters. The van der Waals surface area contributed by atoms with Crippen LogP contribution < -0.4 is 15.8 Å². The van der Waals surface area contributed by atoms with E-state index in [0.29, 0.717) is 24.5 Å². The summed E-state index contributed by atoms with van der Waals surface area (Å²) in [5.41, 5.74) is 5.59. The molecule has 0 aromatic heterocycles. The number of carbonyl (C=O) groups is 2. The highest BCUT2D eigenvalue weighted by atomic mass is 16.6. The van der Waals surface area contributed by atoms with Gasteiger partial charge in [-0.25, -0.2) is 9.59 Å². The first-order valence-corrected chi connectivity index (χ1v) is 7.38. The van der Waals surface area contributed by atoms with Crippen LogP contribution in [0.1, 0.15) is 33.6 Å². The predicted octanol–water partition coefficient (Wildman–Crippen LogP) is 2.41. The molecule has 0 spiro atoms. The van der Waals surface area contributed by atoms with Crippen LogP contribution >= 0.6 is 0 Å². The van der Waals surface area contributed by atoms with Crippen molar-refractivity contribution in [3.05, 3.63) is 24.3 Å². The first-order valence-electron chi connectivity index (χ1n) is 7.38. The van der Waals surface area contributed by atoms with Crippen molar-refractivity contribution in [2.75, 3.05) is 12.3 Å². The largest absolute Gasteiger partial charge is 0.491 e. The molecular formula is C16H24N2O5. The van der Waals surface area contributed by atoms with E-state index in [2.05, 4.69) is 5.32 Å². The number of carboxylic acids is 1. The average Bonchev–Trinajstić information content (AvgIpc) is 2.41. The number of amides is 1. The second-order valence-electron chi connectivity index (χ2n) is 6.07. The summed E-state index contributed by atoms with van der Waals surface area (Å²) in [7, 11) is 0. The predicted molar refractivity (Wildman–Crippen MR) is 86.4 cm³/mol. The lowest BCUT2D eigenvalue weighted by atomic mass is 10.1. The molecule has 0 fully saturated rings. The van der Waals surface area contributed by atoms with Crippen LogP contribution in [-0.4, -0.2) is 35.4 Å². The maximum absolute atomic E-state index is 11.6. The van der Waals surface area contributed by atoms with E-state index in [1.165, 1.54) is 0 Å². The number of benzene rings is 1. The van der Waals surface area contributed by atoms with Crippen LogP contribution in [0.5, 0.6) is 5.75 Å². The van der Waals surface area contributed by atoms with Gasteiger partial charge in [-0.3, -0.25) is 0 Å². The number of ether oxygens (including phenoxy) is 2. The molecule has 1 aromatic rings. The minimum Gasteiger partial charge on any atom is -0.491 e. The second-order valence-corrected chi connectivity index (χ2v) is 6.07. The molecule has 0 aliphatic heterocycles. The first kappa shape index (κ1) is 18.6. The van der Waals surface area contributed by atoms with Crippen LogP contribution in [0.25, 0.3) is 0 Å². The average molecular weight is 324 g/mol. The summed E-state index contributed by atoms with van der Waals surface area (Å²) in [6.45, 7) is 5.43. The van der Waals surface area contributed by atoms with Gasteiger partial charge in [0.2, 0.25) is 0 Å². The molecule has 1 unspecified atom stereocenters. The smallest absolute Gasteiger partial charge is 0.408 e. The third-order valence-corrected chi connectivity index (χ3v) is 2.80. The van der Waals surface area contributed by atoms with Gasteiger partial charge < -0.3 is 25.6 Å². The number of rotatable bonds is 7. The number of para-hydroxylation sites is 2. The molecule has 128 valence electrons. The van der Waals surface area contributed by atoms with E-state index in [1.807, 2.05) is 0 Å². The summed E-state index contributed by atoms with van der Waals surface area (Å²) in [6, 6.07) is 6.03. The van der Waals surface area contributed by atoms with Gasteiger partial charge in [0.15, 0.2) is 0 Å². The topological polar surface area (TPSA) is 111 Å². The minimum absolute atomic E-state index is 0.224. The molecule has 0 saturated heterocycles. The van der Waals surface area contributed by atoms with Gasteiger partial charge in [-0.2, -0.15) is 0 Å². The van der Waals surface area contributed by atoms with Crippen LogP contribution in [0.2, 0.25) is 0 Å². The summed E-state index contributed by atoms with van der Waals surface area (Å²) in [4.78, 5) is 22.8. The fourth-order valence-corrected chi connectivity index (χ4v) is 1.79. The SMILES string of the molecule is CC(C)(C)OC(=O)NC(CCCOc1ccccc1N)C(=O)O. The third-order valence-electron chi connectivity index (χ3n) is 2.80. The fourth-order valence-electron chi connectivity index (χ4n) is 1.79. The molecule has 1 rings (SSSR count). The van der Waals surface area contributed by atoms with E-state index in [1.54, 1.807) is 45.0 Å². The lowest BCUT2D eigenvalue weighted by Crippen LogP contribution is -2.43. The van der Waals surface area contributed by atoms with Gasteiger partial charge in [-0.05, 0) is 45.7 Å². The third kappa shape index (κ3) is 7.39. The van der Waals surface area contributed by atoms with E-state index in [9.17, 15) is 9.59 Å². The van der Waals surface area contributed by atoms with Crippen molar-refractivity contribution in [2.24, 2.45) is 0 Å². The summed E-state index contributed by atoms with van der Waals surface area (Å²) in [5, 5.41) is 11.5. The molecule has 1 aromatic carbocycles. The molecule has 0 bridgehead atoms. The Morgan fingerprint density at radius 3 is 2.52 bits per heavy atom. The maximum atomic E-state index is 11.6. The minimum atomic E-state index is -1.12. The standard InChI is InChI=1S/C16H24N2O5/c1-16(2,3)23-15(21)18-12(14(19)20)8-6-10-22-13-9-5-4-7-11(13)17/h4-5,7,9,12H,6,8,10,17H2,1-3H3,(H,18,21)(H,19,20). The highest BCUT2D eigenvalue weighted by molar-refractivity contribution is 5.79. The van der Waals surface area contributed by atoms with Gasteiger partial charge >= 0.3 is 12.1 Å². The van der Waals surface area contributed by atoms with Crippen molar-refractivity contribution < 1.29 is 24.2 Å². The number of anilines is 1. The Kier molecular flexibility index (Phi) is 6.68. The summed E-state index contributed by atoms with van der Waals surface area (Å²) in [6.07, 6.45) is -0.0827. The van der Waals surface area contributed by atoms with E-state index in [-0.39, 0.29) is 6.42 Å². The number of aliphatic carboxylic acids is 1. The second kappa shape index (κ2) is 8.26. The molecule has 1 amide bonds. The normalized spacial score (nSPS) is 12.3. The van der Waals surface area contributed by atoms with E-state index < -0.39 is 23.7 Å². The summed E-state index contributed by atoms with van der Waals surface area (Å²) in [5.74, 6) is -0.561. The quantitative estimate of drug-likeness (QED) is 0.524. The van der Waals surface area contributed by atoms with Gasteiger partial charge in [-0.15, -0.1) is 0 Å². The zero-order valence-corrected chi connectivity index (χ0v) is 13.7. The molecule has 0 radical (unpaired) electrons. The van der Waals surface area contributed by atoms with Crippen LogP contribution in [0.4, 0.5) is 10.5 Å². The Morgan fingerprint density at radius 2 is 1.96 bits per heavy atom. The molecule has 0 aliphatic rings. The zero-order valence-electron chi connectivity index (χ0n) is 13.7. The number of hydrogen-bond acceptors (Lipinski definition) is 5. The number of nitrogen functional groups attached to an aromatic ring is 1. The lowest BCUT2D eigenvalue weighted by Gasteiger charge is -2.22. The number of nitrogens with one attached hydrogen (secondary N) is 1. The van der Waals surface area contributed by atoms with Crippen LogP contribution in [0.3, 0.4) is 0 Å². The van der Waals surface area contributed by atoms with Gasteiger partial charge in [0.1, 0.15) is 17.4 Å². The number of hydrogen-bond donors (Lipinski definition) is 3. The molecule has 4 N–H and O–H groups in total. The van der Waals surface area contributed by atoms with Crippen molar-refractivity contribution in [2.45, 2.75) is 45.3 Å². The van der Waals surface area contributed by atoms with Crippen molar-refractivity contribution in [3.8, 4) is 5.75 Å². The number of nitrogens with two attached hydrogens (primary N) is 1. The van der Waals surface area contributed by atoms with Crippen molar-refractivity contribution in [1.29, 1.82) is 0 Å². The molecule has 23 heavy (non-hydrogen) atoms. The van der Waals surface area contributed by atoms with E-state index in [4.69, 9.17) is 20.3 Å². The first-order chi connectivity index (χ1) is 10.7. The molecule has 7 heteroatoms. The Labute approximate surface area is 135 Å². The molecule has 0 saturated carbocycles. The van der Waals surface area contributed by atoms with Gasteiger partial charge in [0, 0.05) is 0 Å².